The van der Waals surface area contributed by atoms with Crippen molar-refractivity contribution in [3.8, 4) is 0 Å². The highest BCUT2D eigenvalue weighted by molar-refractivity contribution is 6.27. The molecule has 2 heteroatoms. The number of nitrogens with zero attached hydrogens (tertiary/aromatic N) is 2. The third kappa shape index (κ3) is 15.4. The Kier molecular flexibility index (Phi) is 20.9. The second-order valence-corrected chi connectivity index (χ2v) is 32.4. The quantitative estimate of drug-likeness (QED) is 0.0480. The first-order valence-electron chi connectivity index (χ1n) is 41.1. The average Bonchev–Trinajstić information content (AvgIpc) is 0.710. The molecule has 0 radical (unpaired) electrons. The lowest BCUT2D eigenvalue weighted by Gasteiger charge is -2.33. The van der Waals surface area contributed by atoms with Crippen LogP contribution >= 0.6 is 0 Å². The highest BCUT2D eigenvalue weighted by Crippen LogP contribution is 2.54. The van der Waals surface area contributed by atoms with Gasteiger partial charge in [0.25, 0.3) is 0 Å². The predicted molar refractivity (Wildman–Crippen MR) is 468 cm³/mol. The van der Waals surface area contributed by atoms with Crippen LogP contribution in [0.4, 0.5) is 34.1 Å². The van der Waals surface area contributed by atoms with Crippen LogP contribution in [0, 0.1) is 51.4 Å². The Morgan fingerprint density at radius 1 is 0.231 bits per heavy atom. The van der Waals surface area contributed by atoms with E-state index in [1.165, 1.54) is 261 Å². The minimum absolute atomic E-state index is 0.533. The molecule has 538 valence electrons. The second-order valence-electron chi connectivity index (χ2n) is 32.4. The maximum Gasteiger partial charge on any atom is 0.0620 e. The minimum atomic E-state index is 0.533. The fraction of sp³-hybridized carbons (Fsp3) is 0.264. The first kappa shape index (κ1) is 70.4. The third-order valence-corrected chi connectivity index (χ3v) is 24.9. The molecule has 0 aliphatic heterocycles. The van der Waals surface area contributed by atoms with Crippen molar-refractivity contribution in [3.63, 3.8) is 0 Å². The molecule has 13 aromatic carbocycles. The van der Waals surface area contributed by atoms with Crippen LogP contribution < -0.4 is 9.80 Å². The predicted octanol–water partition coefficient (Wildman–Crippen LogP) is 31.0. The summed E-state index contributed by atoms with van der Waals surface area (Å²) in [6.07, 6.45) is 35.5. The van der Waals surface area contributed by atoms with E-state index in [1.54, 1.807) is 0 Å². The number of anilines is 6. The SMILES string of the molecule is Cc1ccc(C(=Cc2ccc(N(c3ccc(C=C(c4ccc(C)cc4)C4CCCCC4)cc3)c3c4cc5ccccc5cc4c(N(c4ccc(C=C(c5ccc(C)cc5)C5CCCCC5)cc4)c4ccc(C=C(c5ccc(C)cc5)C5CCCCC5)cc4)c4cc5ccccc5cc34)cc2)C2CCCCC2)cc1. The Morgan fingerprint density at radius 3 is 0.620 bits per heavy atom. The number of hydrogen-bond donors (Lipinski definition) is 0. The molecule has 4 fully saturated rings. The molecule has 17 rings (SSSR count). The van der Waals surface area contributed by atoms with Crippen LogP contribution in [0.25, 0.3) is 89.7 Å². The smallest absolute Gasteiger partial charge is 0.0620 e. The zero-order chi connectivity index (χ0) is 72.9. The lowest BCUT2D eigenvalue weighted by Crippen LogP contribution is -2.15. The summed E-state index contributed by atoms with van der Waals surface area (Å²) in [7, 11) is 0. The highest BCUT2D eigenvalue weighted by atomic mass is 15.2. The summed E-state index contributed by atoms with van der Waals surface area (Å²) in [5.74, 6) is 2.13. The molecule has 0 aromatic heterocycles. The Balaban J connectivity index is 0.897. The van der Waals surface area contributed by atoms with E-state index < -0.39 is 0 Å². The Labute approximate surface area is 642 Å². The largest absolute Gasteiger partial charge is 0.309 e. The molecule has 0 unspecified atom stereocenters. The van der Waals surface area contributed by atoms with E-state index in [4.69, 9.17) is 0 Å². The van der Waals surface area contributed by atoms with Gasteiger partial charge in [-0.1, -0.05) is 318 Å². The van der Waals surface area contributed by atoms with Gasteiger partial charge in [0.05, 0.1) is 11.4 Å². The van der Waals surface area contributed by atoms with Crippen molar-refractivity contribution in [1.82, 2.24) is 0 Å². The van der Waals surface area contributed by atoms with E-state index in [-0.39, 0.29) is 0 Å². The summed E-state index contributed by atoms with van der Waals surface area (Å²) in [6.45, 7) is 8.82. The van der Waals surface area contributed by atoms with E-state index >= 15 is 0 Å². The molecule has 2 nitrogen and oxygen atoms in total. The topological polar surface area (TPSA) is 6.48 Å². The van der Waals surface area contributed by atoms with Gasteiger partial charge >= 0.3 is 0 Å². The number of fused-ring (bicyclic) bond motifs is 4. The second kappa shape index (κ2) is 32.1. The molecule has 0 saturated heterocycles. The lowest BCUT2D eigenvalue weighted by atomic mass is 9.80. The van der Waals surface area contributed by atoms with Crippen LogP contribution in [-0.4, -0.2) is 0 Å². The van der Waals surface area contributed by atoms with Crippen LogP contribution in [0.3, 0.4) is 0 Å². The van der Waals surface area contributed by atoms with Gasteiger partial charge in [-0.3, -0.25) is 0 Å². The highest BCUT2D eigenvalue weighted by Gasteiger charge is 2.30. The van der Waals surface area contributed by atoms with Crippen molar-refractivity contribution < 1.29 is 0 Å². The zero-order valence-electron chi connectivity index (χ0n) is 64.1. The number of rotatable bonds is 18. The van der Waals surface area contributed by atoms with Crippen molar-refractivity contribution in [1.29, 1.82) is 0 Å². The lowest BCUT2D eigenvalue weighted by molar-refractivity contribution is 0.430. The fourth-order valence-corrected chi connectivity index (χ4v) is 18.8. The summed E-state index contributed by atoms with van der Waals surface area (Å²) >= 11 is 0. The number of allylic oxidation sites excluding steroid dienone is 4. The molecule has 13 aromatic rings. The first-order valence-corrected chi connectivity index (χ1v) is 41.1. The molecular weight excluding hydrogens is 1300 g/mol. The summed E-state index contributed by atoms with van der Waals surface area (Å²) in [5, 5.41) is 9.58. The van der Waals surface area contributed by atoms with E-state index in [0.717, 1.165) is 34.1 Å². The maximum atomic E-state index is 2.62. The molecule has 4 saturated carbocycles. The molecule has 0 atom stereocenters. The van der Waals surface area contributed by atoms with Gasteiger partial charge in [0.1, 0.15) is 0 Å². The fourth-order valence-electron chi connectivity index (χ4n) is 18.8. The van der Waals surface area contributed by atoms with Gasteiger partial charge < -0.3 is 9.80 Å². The van der Waals surface area contributed by atoms with Crippen molar-refractivity contribution in [3.05, 3.63) is 334 Å². The zero-order valence-corrected chi connectivity index (χ0v) is 64.1. The van der Waals surface area contributed by atoms with E-state index in [2.05, 4.69) is 329 Å². The summed E-state index contributed by atoms with van der Waals surface area (Å²) in [4.78, 5) is 5.23. The normalized spacial score (nSPS) is 16.4. The monoisotopic (exact) mass is 1400 g/mol. The average molecular weight is 1410 g/mol. The standard InChI is InChI=1S/C106H104N2/c1-73-33-49-85(50-34-73)97(81-21-9-5-10-22-81)65-77-41-57-93(58-42-77)107(94-59-43-78(44-60-94)66-98(82-23-11-6-12-24-82)86-51-35-74(2)36-52-86)105-101-69-89-29-17-19-31-91(89)71-103(101)106(104-72-92-32-20-18-30-90(92)70-102(104)105)108(95-61-45-79(46-62-95)67-99(83-25-13-7-14-26-83)87-53-37-75(3)38-54-87)96-63-47-80(48-64-96)68-100(84-27-15-8-16-28-84)88-55-39-76(4)40-56-88/h17-20,29-72,81-84H,5-16,21-28H2,1-4H3. The molecule has 4 aliphatic rings. The van der Waals surface area contributed by atoms with Gasteiger partial charge in [-0.2, -0.15) is 0 Å². The molecule has 0 spiro atoms. The first-order chi connectivity index (χ1) is 53.1. The molecular formula is C106H104N2. The van der Waals surface area contributed by atoms with Gasteiger partial charge in [0.2, 0.25) is 0 Å². The van der Waals surface area contributed by atoms with Gasteiger partial charge in [-0.25, -0.2) is 0 Å². The van der Waals surface area contributed by atoms with Crippen LogP contribution in [-0.2, 0) is 0 Å². The van der Waals surface area contributed by atoms with Crippen LogP contribution in [0.1, 0.15) is 195 Å². The van der Waals surface area contributed by atoms with E-state index in [1.807, 2.05) is 0 Å². The van der Waals surface area contributed by atoms with Crippen LogP contribution in [0.5, 0.6) is 0 Å². The van der Waals surface area contributed by atoms with Gasteiger partial charge in [-0.05, 0) is 264 Å². The van der Waals surface area contributed by atoms with Crippen LogP contribution in [0.15, 0.2) is 267 Å². The molecule has 0 heterocycles. The van der Waals surface area contributed by atoms with Crippen molar-refractivity contribution in [2.45, 2.75) is 156 Å². The van der Waals surface area contributed by atoms with Gasteiger partial charge in [0.15, 0.2) is 0 Å². The molecule has 0 bridgehead atoms. The number of hydrogen-bond acceptors (Lipinski definition) is 2. The summed E-state index contributed by atoms with van der Waals surface area (Å²) in [6, 6.07) is 104. The van der Waals surface area contributed by atoms with E-state index in [0.29, 0.717) is 23.7 Å². The van der Waals surface area contributed by atoms with Gasteiger partial charge in [-0.15, -0.1) is 0 Å². The van der Waals surface area contributed by atoms with E-state index in [9.17, 15) is 0 Å². The Hall–Kier alpha value is -10.5. The van der Waals surface area contributed by atoms with Crippen molar-refractivity contribution >= 4 is 124 Å². The molecule has 0 N–H and O–H groups in total. The molecule has 108 heavy (non-hydrogen) atoms. The Morgan fingerprint density at radius 2 is 0.426 bits per heavy atom. The summed E-state index contributed by atoms with van der Waals surface area (Å²) in [5.41, 5.74) is 28.1. The maximum absolute atomic E-state index is 2.62. The van der Waals surface area contributed by atoms with Gasteiger partial charge in [0, 0.05) is 44.3 Å². The van der Waals surface area contributed by atoms with Crippen molar-refractivity contribution in [2.24, 2.45) is 23.7 Å². The number of aryl methyl sites for hydroxylation is 4. The molecule has 0 amide bonds. The third-order valence-electron chi connectivity index (χ3n) is 24.9. The molecule has 4 aliphatic carbocycles. The summed E-state index contributed by atoms with van der Waals surface area (Å²) < 4.78 is 0. The minimum Gasteiger partial charge on any atom is -0.309 e. The Bertz CT molecular complexity index is 4750. The van der Waals surface area contributed by atoms with Crippen LogP contribution in [0.2, 0.25) is 0 Å². The number of benzene rings is 13. The van der Waals surface area contributed by atoms with Crippen molar-refractivity contribution in [2.75, 3.05) is 9.80 Å².